The number of carbonyl (C=O) groups excluding carboxylic acids is 6. The number of urea groups is 2. The van der Waals surface area contributed by atoms with Crippen molar-refractivity contribution in [2.75, 3.05) is 0 Å². The molecule has 3 heterocycles. The number of carbonyl (C=O) groups is 6. The molecule has 2 fully saturated rings. The summed E-state index contributed by atoms with van der Waals surface area (Å²) in [6, 6.07) is 5.13. The van der Waals surface area contributed by atoms with Gasteiger partial charge in [0.25, 0.3) is 23.6 Å². The van der Waals surface area contributed by atoms with Crippen LogP contribution in [0.25, 0.3) is 21.9 Å². The van der Waals surface area contributed by atoms with E-state index in [2.05, 4.69) is 0 Å². The van der Waals surface area contributed by atoms with Crippen molar-refractivity contribution in [3.63, 3.8) is 0 Å². The topological polar surface area (TPSA) is 120 Å². The highest BCUT2D eigenvalue weighted by Gasteiger charge is 2.40. The summed E-state index contributed by atoms with van der Waals surface area (Å²) in [5, 5.41) is 1.19. The summed E-state index contributed by atoms with van der Waals surface area (Å²) < 4.78 is 1.41. The molecule has 0 bridgehead atoms. The lowest BCUT2D eigenvalue weighted by Crippen LogP contribution is -2.57. The van der Waals surface area contributed by atoms with Crippen LogP contribution >= 0.6 is 0 Å². The standard InChI is InChI=1S/C16H14B5N5O6/c17-22-9(7-11(27)23(18)15(31)24(19)12(7)28)5-3-1-2-4-6(5)10(22)8-13(29)25(20)16(32)26(21)14(8)30/h1-4H,17-21H2. The van der Waals surface area contributed by atoms with Crippen molar-refractivity contribution < 1.29 is 28.8 Å². The number of hydrogen-bond donors (Lipinski definition) is 0. The van der Waals surface area contributed by atoms with Crippen molar-refractivity contribution in [1.82, 2.24) is 23.7 Å². The van der Waals surface area contributed by atoms with Gasteiger partial charge in [-0.3, -0.25) is 28.8 Å². The van der Waals surface area contributed by atoms with Crippen LogP contribution in [0.2, 0.25) is 0 Å². The van der Waals surface area contributed by atoms with Crippen molar-refractivity contribution in [3.05, 3.63) is 35.0 Å². The van der Waals surface area contributed by atoms with Gasteiger partial charge in [-0.1, -0.05) is 24.3 Å². The van der Waals surface area contributed by atoms with Crippen molar-refractivity contribution in [1.29, 1.82) is 0 Å². The third kappa shape index (κ3) is 2.61. The van der Waals surface area contributed by atoms with Gasteiger partial charge in [0.2, 0.25) is 39.9 Å². The minimum atomic E-state index is -0.799. The normalized spacial score (nSPS) is 18.0. The van der Waals surface area contributed by atoms with Crippen LogP contribution in [0.3, 0.4) is 0 Å². The van der Waals surface area contributed by atoms with Crippen LogP contribution in [0.1, 0.15) is 0 Å². The van der Waals surface area contributed by atoms with Gasteiger partial charge in [0.1, 0.15) is 11.1 Å². The Hall–Kier alpha value is -3.96. The Labute approximate surface area is 185 Å². The number of fused-ring (bicyclic) bond motifs is 1. The zero-order valence-corrected chi connectivity index (χ0v) is 18.0. The third-order valence-corrected chi connectivity index (χ3v) is 5.80. The molecule has 2 saturated heterocycles. The molecular formula is C16H14B5N5O6. The second-order valence-corrected chi connectivity index (χ2v) is 7.57. The maximum atomic E-state index is 13.0. The molecule has 4 rings (SSSR count). The highest BCUT2D eigenvalue weighted by Crippen LogP contribution is 2.18. The van der Waals surface area contributed by atoms with Crippen LogP contribution < -0.4 is 10.7 Å². The smallest absolute Gasteiger partial charge is 0.308 e. The molecule has 11 nitrogen and oxygen atoms in total. The zero-order chi connectivity index (χ0) is 23.6. The fraction of sp³-hybridized carbons (Fsp3) is 0. The fourth-order valence-corrected chi connectivity index (χ4v) is 4.03. The number of amides is 8. The van der Waals surface area contributed by atoms with E-state index in [0.29, 0.717) is 10.8 Å². The van der Waals surface area contributed by atoms with Gasteiger partial charge >= 0.3 is 12.1 Å². The average Bonchev–Trinajstić information content (AvgIpc) is 3.06. The van der Waals surface area contributed by atoms with E-state index in [-0.39, 0.29) is 21.8 Å². The van der Waals surface area contributed by atoms with Crippen molar-refractivity contribution in [2.45, 2.75) is 0 Å². The van der Waals surface area contributed by atoms with Crippen LogP contribution in [-0.2, 0) is 19.2 Å². The molecule has 2 aliphatic heterocycles. The van der Waals surface area contributed by atoms with Gasteiger partial charge in [0, 0.05) is 10.8 Å². The van der Waals surface area contributed by atoms with Gasteiger partial charge in [-0.25, -0.2) is 0 Å². The van der Waals surface area contributed by atoms with Crippen LogP contribution in [0.15, 0.2) is 24.3 Å². The number of benzene rings is 1. The monoisotopic (exact) mass is 427 g/mol. The van der Waals surface area contributed by atoms with Gasteiger partial charge in [0.15, 0.2) is 0 Å². The molecule has 154 valence electrons. The first-order valence-corrected chi connectivity index (χ1v) is 9.52. The first-order chi connectivity index (χ1) is 15.0. The predicted octanol–water partition coefficient (Wildman–Crippen LogP) is -6.89. The Morgan fingerprint density at radius 1 is 0.500 bits per heavy atom. The fourth-order valence-electron chi connectivity index (χ4n) is 4.03. The molecule has 0 atom stereocenters. The van der Waals surface area contributed by atoms with Crippen molar-refractivity contribution in [2.24, 2.45) is 0 Å². The number of imide groups is 4. The number of rotatable bonds is 0. The van der Waals surface area contributed by atoms with E-state index in [1.54, 1.807) is 24.3 Å². The Bertz CT molecular complexity index is 1280. The molecule has 0 radical (unpaired) electrons. The van der Waals surface area contributed by atoms with Gasteiger partial charge < -0.3 is 23.7 Å². The second-order valence-electron chi connectivity index (χ2n) is 7.57. The van der Waals surface area contributed by atoms with E-state index in [9.17, 15) is 28.8 Å². The highest BCUT2D eigenvalue weighted by molar-refractivity contribution is 6.56. The lowest BCUT2D eigenvalue weighted by atomic mass is 10.0. The largest absolute Gasteiger partial charge is 0.391 e. The molecule has 0 aliphatic carbocycles. The van der Waals surface area contributed by atoms with Crippen LogP contribution in [0, 0.1) is 0 Å². The third-order valence-electron chi connectivity index (χ3n) is 5.80. The molecule has 32 heavy (non-hydrogen) atoms. The van der Waals surface area contributed by atoms with Crippen molar-refractivity contribution >= 4 is 97.5 Å². The Balaban J connectivity index is 2.24. The SMILES string of the molecule is BN1C(=O)C(=c2c3ccccc3c(=C3C(=O)N(B)C(=O)N(B)C3=O)n2B)C(=O)N(B)C1=O. The maximum Gasteiger partial charge on any atom is 0.308 e. The zero-order valence-electron chi connectivity index (χ0n) is 18.0. The van der Waals surface area contributed by atoms with Gasteiger partial charge in [-0.2, -0.15) is 0 Å². The molecule has 8 amide bonds. The molecule has 0 spiro atoms. The minimum Gasteiger partial charge on any atom is -0.391 e. The van der Waals surface area contributed by atoms with E-state index in [1.807, 2.05) is 0 Å². The number of aromatic nitrogens is 1. The number of barbiturate groups is 2. The molecule has 2 aromatic rings. The minimum absolute atomic E-state index is 0.159. The Morgan fingerprint density at radius 3 is 1.06 bits per heavy atom. The van der Waals surface area contributed by atoms with Crippen molar-refractivity contribution in [3.8, 4) is 0 Å². The molecule has 0 saturated carbocycles. The summed E-state index contributed by atoms with van der Waals surface area (Å²) >= 11 is 0. The summed E-state index contributed by atoms with van der Waals surface area (Å²) in [6.07, 6.45) is 0. The van der Waals surface area contributed by atoms with E-state index in [0.717, 1.165) is 19.2 Å². The van der Waals surface area contributed by atoms with E-state index < -0.39 is 35.7 Å². The number of nitrogens with zero attached hydrogens (tertiary/aromatic N) is 5. The summed E-state index contributed by atoms with van der Waals surface area (Å²) in [7, 11) is 6.56. The predicted molar refractivity (Wildman–Crippen MR) is 124 cm³/mol. The summed E-state index contributed by atoms with van der Waals surface area (Å²) in [6.45, 7) is 0. The number of hydrogen-bond acceptors (Lipinski definition) is 6. The molecule has 16 heteroatoms. The Kier molecular flexibility index (Phi) is 4.68. The molecule has 0 unspecified atom stereocenters. The molecular weight excluding hydrogens is 412 g/mol. The quantitative estimate of drug-likeness (QED) is 0.386. The summed E-state index contributed by atoms with van der Waals surface area (Å²) in [4.78, 5) is 79.4. The lowest BCUT2D eigenvalue weighted by molar-refractivity contribution is -0.129. The summed E-state index contributed by atoms with van der Waals surface area (Å²) in [5.41, 5.74) is -0.540. The molecule has 1 aromatic heterocycles. The van der Waals surface area contributed by atoms with Crippen LogP contribution in [0.4, 0.5) is 9.59 Å². The Morgan fingerprint density at radius 2 is 0.781 bits per heavy atom. The molecule has 1 aromatic carbocycles. The van der Waals surface area contributed by atoms with Crippen LogP contribution in [-0.4, -0.2) is 99.3 Å². The van der Waals surface area contributed by atoms with Gasteiger partial charge in [-0.05, 0) is 0 Å². The highest BCUT2D eigenvalue weighted by atomic mass is 16.2. The molecule has 2 aliphatic rings. The first-order valence-electron chi connectivity index (χ1n) is 9.52. The second kappa shape index (κ2) is 7.04. The maximum absolute atomic E-state index is 13.0. The van der Waals surface area contributed by atoms with E-state index in [4.69, 9.17) is 0 Å². The van der Waals surface area contributed by atoms with Crippen LogP contribution in [0.5, 0.6) is 0 Å². The summed E-state index contributed by atoms with van der Waals surface area (Å²) in [5.74, 6) is -3.20. The molecule has 0 N–H and O–H groups in total. The van der Waals surface area contributed by atoms with E-state index in [1.165, 1.54) is 44.4 Å². The average molecular weight is 426 g/mol. The lowest BCUT2D eigenvalue weighted by Gasteiger charge is -2.30. The van der Waals surface area contributed by atoms with Gasteiger partial charge in [-0.15, -0.1) is 0 Å². The van der Waals surface area contributed by atoms with Gasteiger partial charge in [0.05, 0.1) is 10.7 Å². The first kappa shape index (κ1) is 21.3. The van der Waals surface area contributed by atoms with E-state index >= 15 is 0 Å².